The normalized spacial score (nSPS) is 13.4. The fraction of sp³-hybridized carbons (Fsp3) is 0.103. The van der Waals surface area contributed by atoms with Crippen molar-refractivity contribution in [3.8, 4) is 22.3 Å². The van der Waals surface area contributed by atoms with Gasteiger partial charge in [0.05, 0.1) is 0 Å². The zero-order valence-electron chi connectivity index (χ0n) is 17.4. The summed E-state index contributed by atoms with van der Waals surface area (Å²) >= 11 is 0. The van der Waals surface area contributed by atoms with Gasteiger partial charge in [-0.25, -0.2) is 0 Å². The molecule has 0 atom stereocenters. The maximum absolute atomic E-state index is 3.86. The second kappa shape index (κ2) is 7.03. The summed E-state index contributed by atoms with van der Waals surface area (Å²) < 4.78 is 0. The minimum Gasteiger partial charge on any atom is -0.355 e. The Labute approximate surface area is 178 Å². The molecule has 1 aliphatic rings. The van der Waals surface area contributed by atoms with Gasteiger partial charge in [-0.1, -0.05) is 105 Å². The molecule has 0 bridgehead atoms. The molecular weight excluding hydrogens is 362 g/mol. The van der Waals surface area contributed by atoms with E-state index in [0.717, 1.165) is 11.3 Å². The van der Waals surface area contributed by atoms with Crippen LogP contribution in [0.25, 0.3) is 28.3 Å². The maximum atomic E-state index is 3.86. The fourth-order valence-corrected chi connectivity index (χ4v) is 4.74. The average molecular weight is 388 g/mol. The monoisotopic (exact) mass is 387 g/mol. The smallest absolute Gasteiger partial charge is 0.0463 e. The number of fused-ring (bicyclic) bond motifs is 3. The Bertz CT molecular complexity index is 1250. The van der Waals surface area contributed by atoms with Crippen molar-refractivity contribution in [1.82, 2.24) is 0 Å². The van der Waals surface area contributed by atoms with E-state index in [2.05, 4.69) is 117 Å². The zero-order chi connectivity index (χ0) is 20.7. The first-order chi connectivity index (χ1) is 14.6. The molecule has 0 spiro atoms. The average Bonchev–Trinajstić information content (AvgIpc) is 3.02. The Morgan fingerprint density at radius 1 is 0.667 bits per heavy atom. The molecule has 0 saturated carbocycles. The molecule has 4 aromatic rings. The van der Waals surface area contributed by atoms with Gasteiger partial charge < -0.3 is 5.32 Å². The first kappa shape index (κ1) is 18.4. The molecule has 0 aromatic heterocycles. The summed E-state index contributed by atoms with van der Waals surface area (Å²) in [6, 6.07) is 32.4. The molecule has 0 amide bonds. The van der Waals surface area contributed by atoms with Crippen molar-refractivity contribution in [3.05, 3.63) is 114 Å². The SMILES string of the molecule is C=Cc1ccc(-c2ccccc2Nc2cccc3c2C(C)(C)c2ccccc2-3)cc1. The second-order valence-corrected chi connectivity index (χ2v) is 8.40. The van der Waals surface area contributed by atoms with Gasteiger partial charge in [-0.2, -0.15) is 0 Å². The summed E-state index contributed by atoms with van der Waals surface area (Å²) in [5.41, 5.74) is 11.2. The van der Waals surface area contributed by atoms with Gasteiger partial charge in [0.1, 0.15) is 0 Å². The van der Waals surface area contributed by atoms with Crippen molar-refractivity contribution < 1.29 is 0 Å². The predicted molar refractivity (Wildman–Crippen MR) is 129 cm³/mol. The van der Waals surface area contributed by atoms with Crippen LogP contribution < -0.4 is 5.32 Å². The Hall–Kier alpha value is -3.58. The Morgan fingerprint density at radius 3 is 2.07 bits per heavy atom. The van der Waals surface area contributed by atoms with E-state index in [1.54, 1.807) is 0 Å². The molecule has 0 saturated heterocycles. The number of rotatable bonds is 4. The lowest BCUT2D eigenvalue weighted by Gasteiger charge is -2.25. The Morgan fingerprint density at radius 2 is 1.30 bits per heavy atom. The van der Waals surface area contributed by atoms with Gasteiger partial charge in [0.15, 0.2) is 0 Å². The van der Waals surface area contributed by atoms with Crippen molar-refractivity contribution in [1.29, 1.82) is 0 Å². The van der Waals surface area contributed by atoms with Crippen LogP contribution in [0, 0.1) is 0 Å². The van der Waals surface area contributed by atoms with Crippen LogP contribution in [-0.2, 0) is 5.41 Å². The number of benzene rings is 4. The van der Waals surface area contributed by atoms with Crippen LogP contribution in [0.15, 0.2) is 97.6 Å². The highest BCUT2D eigenvalue weighted by atomic mass is 14.9. The van der Waals surface area contributed by atoms with Gasteiger partial charge >= 0.3 is 0 Å². The minimum atomic E-state index is -0.0456. The summed E-state index contributed by atoms with van der Waals surface area (Å²) in [5.74, 6) is 0. The third kappa shape index (κ3) is 2.86. The van der Waals surface area contributed by atoms with Gasteiger partial charge in [-0.05, 0) is 45.5 Å². The van der Waals surface area contributed by atoms with Crippen LogP contribution in [0.3, 0.4) is 0 Å². The van der Waals surface area contributed by atoms with Crippen LogP contribution in [0.5, 0.6) is 0 Å². The lowest BCUT2D eigenvalue weighted by atomic mass is 9.81. The lowest BCUT2D eigenvalue weighted by Crippen LogP contribution is -2.16. The molecule has 5 rings (SSSR count). The van der Waals surface area contributed by atoms with E-state index >= 15 is 0 Å². The number of para-hydroxylation sites is 1. The molecule has 1 nitrogen and oxygen atoms in total. The quantitative estimate of drug-likeness (QED) is 0.373. The molecule has 0 radical (unpaired) electrons. The number of anilines is 2. The summed E-state index contributed by atoms with van der Waals surface area (Å²) in [6.07, 6.45) is 1.88. The van der Waals surface area contributed by atoms with Crippen molar-refractivity contribution >= 4 is 17.5 Å². The lowest BCUT2D eigenvalue weighted by molar-refractivity contribution is 0.662. The topological polar surface area (TPSA) is 12.0 Å². The molecule has 4 aromatic carbocycles. The van der Waals surface area contributed by atoms with E-state index in [9.17, 15) is 0 Å². The number of hydrogen-bond donors (Lipinski definition) is 1. The first-order valence-electron chi connectivity index (χ1n) is 10.4. The van der Waals surface area contributed by atoms with Gasteiger partial charge in [-0.15, -0.1) is 0 Å². The van der Waals surface area contributed by atoms with E-state index < -0.39 is 0 Å². The summed E-state index contributed by atoms with van der Waals surface area (Å²) in [6.45, 7) is 8.50. The number of hydrogen-bond acceptors (Lipinski definition) is 1. The minimum absolute atomic E-state index is 0.0456. The van der Waals surface area contributed by atoms with E-state index in [-0.39, 0.29) is 5.41 Å². The molecule has 146 valence electrons. The van der Waals surface area contributed by atoms with E-state index in [1.165, 1.54) is 39.1 Å². The fourth-order valence-electron chi connectivity index (χ4n) is 4.74. The summed E-state index contributed by atoms with van der Waals surface area (Å²) in [5, 5.41) is 3.77. The highest BCUT2D eigenvalue weighted by Crippen LogP contribution is 2.52. The van der Waals surface area contributed by atoms with Crippen LogP contribution >= 0.6 is 0 Å². The largest absolute Gasteiger partial charge is 0.355 e. The summed E-state index contributed by atoms with van der Waals surface area (Å²) in [4.78, 5) is 0. The van der Waals surface area contributed by atoms with E-state index in [1.807, 2.05) is 6.08 Å². The molecular formula is C29H25N. The van der Waals surface area contributed by atoms with Crippen LogP contribution in [0.2, 0.25) is 0 Å². The molecule has 0 heterocycles. The highest BCUT2D eigenvalue weighted by Gasteiger charge is 2.37. The molecule has 30 heavy (non-hydrogen) atoms. The number of nitrogens with one attached hydrogen (secondary N) is 1. The third-order valence-corrected chi connectivity index (χ3v) is 6.23. The first-order valence-corrected chi connectivity index (χ1v) is 10.4. The Balaban J connectivity index is 1.60. The predicted octanol–water partition coefficient (Wildman–Crippen LogP) is 8.05. The van der Waals surface area contributed by atoms with E-state index in [0.29, 0.717) is 0 Å². The van der Waals surface area contributed by atoms with Crippen molar-refractivity contribution in [2.45, 2.75) is 19.3 Å². The highest BCUT2D eigenvalue weighted by molar-refractivity contribution is 5.89. The zero-order valence-corrected chi connectivity index (χ0v) is 17.4. The van der Waals surface area contributed by atoms with Gasteiger partial charge in [0.2, 0.25) is 0 Å². The van der Waals surface area contributed by atoms with Crippen LogP contribution in [0.4, 0.5) is 11.4 Å². The molecule has 0 unspecified atom stereocenters. The van der Waals surface area contributed by atoms with Gasteiger partial charge in [0, 0.05) is 22.4 Å². The van der Waals surface area contributed by atoms with Crippen molar-refractivity contribution in [2.75, 3.05) is 5.32 Å². The van der Waals surface area contributed by atoms with Gasteiger partial charge in [0.25, 0.3) is 0 Å². The maximum Gasteiger partial charge on any atom is 0.0463 e. The van der Waals surface area contributed by atoms with Crippen LogP contribution in [-0.4, -0.2) is 0 Å². The van der Waals surface area contributed by atoms with Gasteiger partial charge in [-0.3, -0.25) is 0 Å². The third-order valence-electron chi connectivity index (χ3n) is 6.23. The second-order valence-electron chi connectivity index (χ2n) is 8.40. The molecule has 1 heteroatoms. The Kier molecular flexibility index (Phi) is 4.33. The van der Waals surface area contributed by atoms with E-state index in [4.69, 9.17) is 0 Å². The molecule has 0 fully saturated rings. The van der Waals surface area contributed by atoms with Crippen LogP contribution in [0.1, 0.15) is 30.5 Å². The standard InChI is InChI=1S/C29H25N/c1-4-20-16-18-21(19-17-20)22-10-6-8-14-26(22)30-27-15-9-12-24-23-11-5-7-13-25(23)29(2,3)28(24)27/h4-19,30H,1H2,2-3H3. The molecule has 1 N–H and O–H groups in total. The molecule has 1 aliphatic carbocycles. The molecule has 0 aliphatic heterocycles. The summed E-state index contributed by atoms with van der Waals surface area (Å²) in [7, 11) is 0. The van der Waals surface area contributed by atoms with Crippen molar-refractivity contribution in [2.24, 2.45) is 0 Å². The van der Waals surface area contributed by atoms with Crippen molar-refractivity contribution in [3.63, 3.8) is 0 Å².